The Kier molecular flexibility index (Phi) is 4.51. The van der Waals surface area contributed by atoms with Crippen LogP contribution in [0.3, 0.4) is 0 Å². The van der Waals surface area contributed by atoms with Crippen molar-refractivity contribution in [3.8, 4) is 0 Å². The molecule has 1 N–H and O–H groups in total. The lowest BCUT2D eigenvalue weighted by molar-refractivity contribution is 0.182. The second-order valence-corrected chi connectivity index (χ2v) is 5.49. The van der Waals surface area contributed by atoms with Gasteiger partial charge < -0.3 is 9.51 Å². The molecule has 114 valence electrons. The highest BCUT2D eigenvalue weighted by atomic mass is 16.3. The number of aliphatic hydroxyl groups excluding tert-OH is 1. The molecule has 0 saturated heterocycles. The zero-order chi connectivity index (χ0) is 15.4. The summed E-state index contributed by atoms with van der Waals surface area (Å²) in [7, 11) is 0. The summed E-state index contributed by atoms with van der Waals surface area (Å²) >= 11 is 0. The van der Waals surface area contributed by atoms with Crippen LogP contribution in [0.2, 0.25) is 0 Å². The average Bonchev–Trinajstić information content (AvgIpc) is 2.85. The van der Waals surface area contributed by atoms with Crippen molar-refractivity contribution in [2.24, 2.45) is 0 Å². The molecule has 22 heavy (non-hydrogen) atoms. The molecular formula is C18H21N3O. The number of hydrogen-bond donors (Lipinski definition) is 1. The van der Waals surface area contributed by atoms with Crippen LogP contribution in [0, 0.1) is 6.92 Å². The molecule has 0 aliphatic carbocycles. The minimum absolute atomic E-state index is 0.155. The summed E-state index contributed by atoms with van der Waals surface area (Å²) in [5.41, 5.74) is 4.45. The van der Waals surface area contributed by atoms with Crippen LogP contribution < -0.4 is 0 Å². The lowest BCUT2D eigenvalue weighted by Gasteiger charge is -2.21. The van der Waals surface area contributed by atoms with Crippen LogP contribution in [0.4, 0.5) is 0 Å². The van der Waals surface area contributed by atoms with Gasteiger partial charge in [0, 0.05) is 25.8 Å². The lowest BCUT2D eigenvalue weighted by Crippen LogP contribution is -2.27. The van der Waals surface area contributed by atoms with Crippen LogP contribution in [0.1, 0.15) is 17.0 Å². The van der Waals surface area contributed by atoms with Gasteiger partial charge in [0.25, 0.3) is 0 Å². The number of rotatable bonds is 6. The van der Waals surface area contributed by atoms with Crippen molar-refractivity contribution in [3.63, 3.8) is 0 Å². The minimum Gasteiger partial charge on any atom is -0.395 e. The normalized spacial score (nSPS) is 11.4. The van der Waals surface area contributed by atoms with Crippen molar-refractivity contribution >= 4 is 5.65 Å². The Bertz CT molecular complexity index is 736. The van der Waals surface area contributed by atoms with Crippen molar-refractivity contribution < 1.29 is 5.11 Å². The maximum atomic E-state index is 9.36. The molecule has 2 heterocycles. The van der Waals surface area contributed by atoms with E-state index in [9.17, 15) is 5.11 Å². The molecule has 4 heteroatoms. The Labute approximate surface area is 130 Å². The van der Waals surface area contributed by atoms with Gasteiger partial charge in [0.05, 0.1) is 18.0 Å². The van der Waals surface area contributed by atoms with Crippen LogP contribution in [-0.4, -0.2) is 32.5 Å². The summed E-state index contributed by atoms with van der Waals surface area (Å²) in [4.78, 5) is 6.86. The van der Waals surface area contributed by atoms with E-state index in [1.807, 2.05) is 49.5 Å². The number of aryl methyl sites for hydroxylation is 1. The van der Waals surface area contributed by atoms with Gasteiger partial charge in [-0.1, -0.05) is 36.4 Å². The Hall–Kier alpha value is -2.17. The Morgan fingerprint density at radius 2 is 1.82 bits per heavy atom. The highest BCUT2D eigenvalue weighted by Crippen LogP contribution is 2.15. The van der Waals surface area contributed by atoms with E-state index < -0.39 is 0 Å². The van der Waals surface area contributed by atoms with Gasteiger partial charge in [0.2, 0.25) is 0 Å². The Morgan fingerprint density at radius 1 is 1.05 bits per heavy atom. The fraction of sp³-hybridized carbons (Fsp3) is 0.278. The van der Waals surface area contributed by atoms with E-state index in [1.54, 1.807) is 0 Å². The van der Waals surface area contributed by atoms with Crippen molar-refractivity contribution in [2.75, 3.05) is 13.2 Å². The third kappa shape index (κ3) is 3.18. The second kappa shape index (κ2) is 6.73. The van der Waals surface area contributed by atoms with Gasteiger partial charge in [0.1, 0.15) is 5.65 Å². The van der Waals surface area contributed by atoms with Crippen molar-refractivity contribution in [3.05, 3.63) is 71.7 Å². The molecule has 0 amide bonds. The Balaban J connectivity index is 1.84. The number of pyridine rings is 1. The molecule has 0 bridgehead atoms. The van der Waals surface area contributed by atoms with E-state index in [-0.39, 0.29) is 6.61 Å². The summed E-state index contributed by atoms with van der Waals surface area (Å²) in [5.74, 6) is 0. The summed E-state index contributed by atoms with van der Waals surface area (Å²) in [6.07, 6.45) is 2.05. The maximum Gasteiger partial charge on any atom is 0.137 e. The summed E-state index contributed by atoms with van der Waals surface area (Å²) in [6.45, 7) is 4.44. The highest BCUT2D eigenvalue weighted by Gasteiger charge is 2.13. The highest BCUT2D eigenvalue weighted by molar-refractivity contribution is 5.42. The van der Waals surface area contributed by atoms with E-state index in [0.29, 0.717) is 6.54 Å². The molecule has 0 aliphatic rings. The first-order valence-corrected chi connectivity index (χ1v) is 7.57. The number of nitrogens with zero attached hydrogens (tertiary/aromatic N) is 3. The molecule has 2 aromatic heterocycles. The van der Waals surface area contributed by atoms with Crippen molar-refractivity contribution in [1.29, 1.82) is 0 Å². The molecule has 3 aromatic rings. The maximum absolute atomic E-state index is 9.36. The summed E-state index contributed by atoms with van der Waals surface area (Å²) < 4.78 is 2.13. The first-order valence-electron chi connectivity index (χ1n) is 7.57. The van der Waals surface area contributed by atoms with Crippen LogP contribution in [0.15, 0.2) is 54.7 Å². The van der Waals surface area contributed by atoms with Gasteiger partial charge >= 0.3 is 0 Å². The molecule has 0 saturated carbocycles. The van der Waals surface area contributed by atoms with Crippen molar-refractivity contribution in [2.45, 2.75) is 20.0 Å². The van der Waals surface area contributed by atoms with Crippen LogP contribution >= 0.6 is 0 Å². The SMILES string of the molecule is Cc1nc2ccccn2c1CN(CCO)Cc1ccccc1. The lowest BCUT2D eigenvalue weighted by atomic mass is 10.2. The van der Waals surface area contributed by atoms with Crippen LogP contribution in [0.25, 0.3) is 5.65 Å². The first kappa shape index (κ1) is 14.8. The molecule has 0 spiro atoms. The second-order valence-electron chi connectivity index (χ2n) is 5.49. The molecule has 3 rings (SSSR count). The summed E-state index contributed by atoms with van der Waals surface area (Å²) in [6, 6.07) is 16.4. The first-order chi connectivity index (χ1) is 10.8. The average molecular weight is 295 g/mol. The van der Waals surface area contributed by atoms with Crippen molar-refractivity contribution in [1.82, 2.24) is 14.3 Å². The topological polar surface area (TPSA) is 40.8 Å². The molecule has 0 radical (unpaired) electrons. The van der Waals surface area contributed by atoms with Gasteiger partial charge in [-0.15, -0.1) is 0 Å². The van der Waals surface area contributed by atoms with Gasteiger partial charge in [-0.3, -0.25) is 4.90 Å². The van der Waals surface area contributed by atoms with Gasteiger partial charge in [0.15, 0.2) is 0 Å². The zero-order valence-electron chi connectivity index (χ0n) is 12.8. The fourth-order valence-corrected chi connectivity index (χ4v) is 2.76. The predicted octanol–water partition coefficient (Wildman–Crippen LogP) is 2.64. The zero-order valence-corrected chi connectivity index (χ0v) is 12.8. The third-order valence-electron chi connectivity index (χ3n) is 3.87. The van der Waals surface area contributed by atoms with Crippen LogP contribution in [-0.2, 0) is 13.1 Å². The Morgan fingerprint density at radius 3 is 2.59 bits per heavy atom. The fourth-order valence-electron chi connectivity index (χ4n) is 2.76. The molecule has 0 atom stereocenters. The molecule has 0 aliphatic heterocycles. The molecule has 0 unspecified atom stereocenters. The van der Waals surface area contributed by atoms with E-state index in [4.69, 9.17) is 0 Å². The largest absolute Gasteiger partial charge is 0.395 e. The molecule has 1 aromatic carbocycles. The number of fused-ring (bicyclic) bond motifs is 1. The van der Waals surface area contributed by atoms with E-state index >= 15 is 0 Å². The number of hydrogen-bond acceptors (Lipinski definition) is 3. The molecule has 4 nitrogen and oxygen atoms in total. The predicted molar refractivity (Wildman–Crippen MR) is 87.6 cm³/mol. The van der Waals surface area contributed by atoms with Gasteiger partial charge in [-0.2, -0.15) is 0 Å². The molecular weight excluding hydrogens is 274 g/mol. The number of imidazole rings is 1. The summed E-state index contributed by atoms with van der Waals surface area (Å²) in [5, 5.41) is 9.36. The van der Waals surface area contributed by atoms with Crippen LogP contribution in [0.5, 0.6) is 0 Å². The number of benzene rings is 1. The van der Waals surface area contributed by atoms with Gasteiger partial charge in [-0.25, -0.2) is 4.98 Å². The molecule has 0 fully saturated rings. The monoisotopic (exact) mass is 295 g/mol. The number of aliphatic hydroxyl groups is 1. The quantitative estimate of drug-likeness (QED) is 0.760. The smallest absolute Gasteiger partial charge is 0.137 e. The van der Waals surface area contributed by atoms with E-state index in [1.165, 1.54) is 11.3 Å². The minimum atomic E-state index is 0.155. The number of aromatic nitrogens is 2. The van der Waals surface area contributed by atoms with Gasteiger partial charge in [-0.05, 0) is 24.6 Å². The van der Waals surface area contributed by atoms with E-state index in [0.717, 1.165) is 24.4 Å². The van der Waals surface area contributed by atoms with E-state index in [2.05, 4.69) is 26.4 Å². The third-order valence-corrected chi connectivity index (χ3v) is 3.87. The standard InChI is InChI=1S/C18H21N3O/c1-15-17(21-10-6-5-9-18(21)19-15)14-20(11-12-22)13-16-7-3-2-4-8-16/h2-10,22H,11-14H2,1H3.